The molecule has 98 valence electrons. The number of aromatic amines is 1. The van der Waals surface area contributed by atoms with Gasteiger partial charge in [-0.15, -0.1) is 0 Å². The molecule has 1 unspecified atom stereocenters. The summed E-state index contributed by atoms with van der Waals surface area (Å²) in [6.45, 7) is 0. The molecule has 19 heavy (non-hydrogen) atoms. The number of Topliss-reactive ketones (excluding diaryl/α,β-unsaturated/α-hetero) is 1. The molecule has 7 heteroatoms. The van der Waals surface area contributed by atoms with E-state index in [0.29, 0.717) is 0 Å². The van der Waals surface area contributed by atoms with Gasteiger partial charge in [-0.2, -0.15) is 0 Å². The Bertz CT molecular complexity index is 586. The van der Waals surface area contributed by atoms with E-state index in [1.165, 1.54) is 19.3 Å². The standard InChI is InChI=1S/C12H11N3O4/c1-13-11(18)7-5-8(16)9(12(19)15-7)10(17)6-3-2-4-14-6/h2-5,9,14H,1H3,(H,13,18)(H,15,19). The lowest BCUT2D eigenvalue weighted by molar-refractivity contribution is -0.132. The zero-order valence-electron chi connectivity index (χ0n) is 10.0. The molecule has 0 fully saturated rings. The van der Waals surface area contributed by atoms with Crippen LogP contribution in [0, 0.1) is 5.92 Å². The van der Waals surface area contributed by atoms with Crippen LogP contribution in [-0.2, 0) is 14.4 Å². The number of allylic oxidation sites excluding steroid dienone is 1. The number of hydrogen-bond acceptors (Lipinski definition) is 4. The summed E-state index contributed by atoms with van der Waals surface area (Å²) in [5.41, 5.74) is 0.0123. The first-order valence-corrected chi connectivity index (χ1v) is 5.50. The molecule has 1 aromatic rings. The van der Waals surface area contributed by atoms with Crippen LogP contribution in [-0.4, -0.2) is 35.4 Å². The van der Waals surface area contributed by atoms with E-state index >= 15 is 0 Å². The average molecular weight is 261 g/mol. The van der Waals surface area contributed by atoms with Gasteiger partial charge in [0.1, 0.15) is 5.70 Å². The molecule has 0 aromatic carbocycles. The summed E-state index contributed by atoms with van der Waals surface area (Å²) in [6, 6.07) is 3.06. The number of carbonyl (C=O) groups is 4. The Kier molecular flexibility index (Phi) is 3.28. The minimum atomic E-state index is -1.45. The molecule has 2 amide bonds. The molecule has 1 atom stereocenters. The van der Waals surface area contributed by atoms with Gasteiger partial charge in [0.15, 0.2) is 17.5 Å². The SMILES string of the molecule is CNC(=O)C1=CC(=O)C(C(=O)c2ccc[nH]2)C(=O)N1. The fourth-order valence-electron chi connectivity index (χ4n) is 1.74. The minimum absolute atomic E-state index is 0.159. The van der Waals surface area contributed by atoms with Crippen LogP contribution in [0.2, 0.25) is 0 Å². The Morgan fingerprint density at radius 1 is 1.32 bits per heavy atom. The van der Waals surface area contributed by atoms with Gasteiger partial charge in [-0.3, -0.25) is 19.2 Å². The van der Waals surface area contributed by atoms with Gasteiger partial charge in [0.2, 0.25) is 5.91 Å². The maximum Gasteiger partial charge on any atom is 0.267 e. The highest BCUT2D eigenvalue weighted by atomic mass is 16.2. The van der Waals surface area contributed by atoms with E-state index in [4.69, 9.17) is 0 Å². The van der Waals surface area contributed by atoms with Crippen LogP contribution in [0.15, 0.2) is 30.1 Å². The smallest absolute Gasteiger partial charge is 0.267 e. The number of H-pyrrole nitrogens is 1. The second kappa shape index (κ2) is 4.89. The predicted octanol–water partition coefficient (Wildman–Crippen LogP) is -0.858. The Hall–Kier alpha value is -2.70. The van der Waals surface area contributed by atoms with Crippen molar-refractivity contribution in [2.75, 3.05) is 7.05 Å². The Labute approximate surface area is 108 Å². The van der Waals surface area contributed by atoms with E-state index in [0.717, 1.165) is 6.08 Å². The molecule has 1 aliphatic rings. The number of carbonyl (C=O) groups excluding carboxylic acids is 4. The van der Waals surface area contributed by atoms with Crippen molar-refractivity contribution in [3.8, 4) is 0 Å². The number of ketones is 2. The summed E-state index contributed by atoms with van der Waals surface area (Å²) < 4.78 is 0. The van der Waals surface area contributed by atoms with Crippen molar-refractivity contribution in [1.82, 2.24) is 15.6 Å². The number of nitrogens with one attached hydrogen (secondary N) is 3. The van der Waals surface area contributed by atoms with E-state index in [9.17, 15) is 19.2 Å². The van der Waals surface area contributed by atoms with E-state index in [-0.39, 0.29) is 11.4 Å². The number of likely N-dealkylation sites (N-methyl/N-ethyl adjacent to an activating group) is 1. The lowest BCUT2D eigenvalue weighted by Gasteiger charge is -2.19. The fraction of sp³-hybridized carbons (Fsp3) is 0.167. The van der Waals surface area contributed by atoms with Crippen LogP contribution in [0.4, 0.5) is 0 Å². The predicted molar refractivity (Wildman–Crippen MR) is 63.9 cm³/mol. The Morgan fingerprint density at radius 3 is 2.58 bits per heavy atom. The van der Waals surface area contributed by atoms with Crippen molar-refractivity contribution in [1.29, 1.82) is 0 Å². The quantitative estimate of drug-likeness (QED) is 0.486. The van der Waals surface area contributed by atoms with Gasteiger partial charge < -0.3 is 15.6 Å². The van der Waals surface area contributed by atoms with E-state index < -0.39 is 29.3 Å². The molecule has 1 aliphatic heterocycles. The lowest BCUT2D eigenvalue weighted by Crippen LogP contribution is -2.46. The third kappa shape index (κ3) is 2.30. The van der Waals surface area contributed by atoms with Crippen LogP contribution in [0.5, 0.6) is 0 Å². The first-order chi connectivity index (χ1) is 9.04. The van der Waals surface area contributed by atoms with Crippen LogP contribution < -0.4 is 10.6 Å². The van der Waals surface area contributed by atoms with Gasteiger partial charge in [0, 0.05) is 19.3 Å². The maximum atomic E-state index is 12.0. The Morgan fingerprint density at radius 2 is 2.05 bits per heavy atom. The fourth-order valence-corrected chi connectivity index (χ4v) is 1.74. The molecule has 0 saturated heterocycles. The van der Waals surface area contributed by atoms with E-state index in [2.05, 4.69) is 15.6 Å². The summed E-state index contributed by atoms with van der Waals surface area (Å²) in [5.74, 6) is -4.17. The average Bonchev–Trinajstić information content (AvgIpc) is 2.90. The Balaban J connectivity index is 2.28. The number of aromatic nitrogens is 1. The highest BCUT2D eigenvalue weighted by Gasteiger charge is 2.38. The van der Waals surface area contributed by atoms with Gasteiger partial charge in [0.05, 0.1) is 5.69 Å². The van der Waals surface area contributed by atoms with Crippen molar-refractivity contribution in [3.63, 3.8) is 0 Å². The van der Waals surface area contributed by atoms with Crippen molar-refractivity contribution in [2.45, 2.75) is 0 Å². The van der Waals surface area contributed by atoms with Crippen LogP contribution in [0.3, 0.4) is 0 Å². The zero-order valence-corrected chi connectivity index (χ0v) is 10.0. The number of amides is 2. The summed E-state index contributed by atoms with van der Waals surface area (Å²) in [7, 11) is 1.37. The highest BCUT2D eigenvalue weighted by molar-refractivity contribution is 6.29. The first kappa shape index (κ1) is 12.7. The molecular formula is C12H11N3O4. The van der Waals surface area contributed by atoms with E-state index in [1.54, 1.807) is 6.07 Å². The second-order valence-corrected chi connectivity index (χ2v) is 3.91. The monoisotopic (exact) mass is 261 g/mol. The second-order valence-electron chi connectivity index (χ2n) is 3.91. The molecule has 0 bridgehead atoms. The topological polar surface area (TPSA) is 108 Å². The van der Waals surface area contributed by atoms with Crippen molar-refractivity contribution in [3.05, 3.63) is 35.8 Å². The van der Waals surface area contributed by atoms with Crippen LogP contribution >= 0.6 is 0 Å². The third-order valence-corrected chi connectivity index (χ3v) is 2.69. The lowest BCUT2D eigenvalue weighted by atomic mass is 9.92. The van der Waals surface area contributed by atoms with E-state index in [1.807, 2.05) is 0 Å². The zero-order chi connectivity index (χ0) is 14.0. The molecule has 2 heterocycles. The molecule has 2 rings (SSSR count). The summed E-state index contributed by atoms with van der Waals surface area (Å²) in [5, 5.41) is 4.53. The van der Waals surface area contributed by atoms with Crippen molar-refractivity contribution >= 4 is 23.4 Å². The third-order valence-electron chi connectivity index (χ3n) is 2.69. The normalized spacial score (nSPS) is 18.6. The molecule has 0 radical (unpaired) electrons. The van der Waals surface area contributed by atoms with Crippen molar-refractivity contribution in [2.24, 2.45) is 5.92 Å². The number of rotatable bonds is 3. The molecular weight excluding hydrogens is 250 g/mol. The maximum absolute atomic E-state index is 12.0. The highest BCUT2D eigenvalue weighted by Crippen LogP contribution is 2.15. The molecule has 0 aliphatic carbocycles. The molecule has 0 saturated carbocycles. The van der Waals surface area contributed by atoms with Gasteiger partial charge in [0.25, 0.3) is 5.91 Å². The van der Waals surface area contributed by atoms with Gasteiger partial charge in [-0.1, -0.05) is 0 Å². The first-order valence-electron chi connectivity index (χ1n) is 5.50. The molecule has 7 nitrogen and oxygen atoms in total. The van der Waals surface area contributed by atoms with Gasteiger partial charge >= 0.3 is 0 Å². The molecule has 3 N–H and O–H groups in total. The summed E-state index contributed by atoms with van der Waals surface area (Å²) in [6.07, 6.45) is 2.48. The molecule has 0 spiro atoms. The largest absolute Gasteiger partial charge is 0.359 e. The number of hydrogen-bond donors (Lipinski definition) is 3. The summed E-state index contributed by atoms with van der Waals surface area (Å²) >= 11 is 0. The van der Waals surface area contributed by atoms with Crippen LogP contribution in [0.25, 0.3) is 0 Å². The van der Waals surface area contributed by atoms with Crippen molar-refractivity contribution < 1.29 is 19.2 Å². The van der Waals surface area contributed by atoms with Gasteiger partial charge in [-0.05, 0) is 12.1 Å². The molecule has 1 aromatic heterocycles. The van der Waals surface area contributed by atoms with Gasteiger partial charge in [-0.25, -0.2) is 0 Å². The minimum Gasteiger partial charge on any atom is -0.359 e. The van der Waals surface area contributed by atoms with Crippen LogP contribution in [0.1, 0.15) is 10.5 Å². The summed E-state index contributed by atoms with van der Waals surface area (Å²) in [4.78, 5) is 49.6.